The lowest BCUT2D eigenvalue weighted by Gasteiger charge is -2.32. The average molecular weight is 518 g/mol. The molecule has 5 rings (SSSR count). The highest BCUT2D eigenvalue weighted by Gasteiger charge is 2.24. The quantitative estimate of drug-likeness (QED) is 0.348. The third kappa shape index (κ3) is 5.52. The number of ether oxygens (including phenoxy) is 1. The monoisotopic (exact) mass is 517 g/mol. The molecule has 1 aliphatic rings. The van der Waals surface area contributed by atoms with E-state index in [4.69, 9.17) is 9.72 Å². The van der Waals surface area contributed by atoms with E-state index in [0.29, 0.717) is 11.6 Å². The predicted octanol–water partition coefficient (Wildman–Crippen LogP) is 5.01. The van der Waals surface area contributed by atoms with Gasteiger partial charge < -0.3 is 15.0 Å². The summed E-state index contributed by atoms with van der Waals surface area (Å²) in [5, 5.41) is 4.28. The van der Waals surface area contributed by atoms with Crippen LogP contribution in [0.1, 0.15) is 20.8 Å². The lowest BCUT2D eigenvalue weighted by Crippen LogP contribution is -2.40. The molecule has 2 heterocycles. The minimum atomic E-state index is -2.76. The van der Waals surface area contributed by atoms with E-state index in [9.17, 15) is 8.42 Å². The number of anilines is 4. The average Bonchev–Trinajstić information content (AvgIpc) is 2.88. The van der Waals surface area contributed by atoms with Crippen LogP contribution >= 0.6 is 0 Å². The Bertz CT molecular complexity index is 1470. The van der Waals surface area contributed by atoms with E-state index in [1.165, 1.54) is 4.31 Å². The molecule has 0 saturated carbocycles. The van der Waals surface area contributed by atoms with E-state index in [0.717, 1.165) is 59.7 Å². The van der Waals surface area contributed by atoms with Crippen LogP contribution in [0.5, 0.6) is 0 Å². The van der Waals surface area contributed by atoms with Gasteiger partial charge in [0, 0.05) is 47.1 Å². The number of aromatic nitrogens is 2. The van der Waals surface area contributed by atoms with E-state index in [2.05, 4.69) is 27.3 Å². The number of benzene rings is 3. The number of thiol groups is 1. The zero-order valence-electron chi connectivity index (χ0n) is 21.2. The minimum Gasteiger partial charge on any atom is -0.378 e. The molecule has 3 aromatic carbocycles. The maximum absolute atomic E-state index is 11.9. The number of rotatable bonds is 6. The number of morpholine rings is 1. The van der Waals surface area contributed by atoms with Crippen molar-refractivity contribution in [1.82, 2.24) is 9.97 Å². The normalized spacial score (nSPS) is 14.2. The summed E-state index contributed by atoms with van der Waals surface area (Å²) in [6.07, 6.45) is 1.82. The SMILES string of the molecule is CC(C)(C)N(c1ccc(-c2cccc3cnc(Nc4cccc(N5CCOCC5)c4)nc23)cc1)[SH](=O)=O. The van der Waals surface area contributed by atoms with Gasteiger partial charge in [0.2, 0.25) is 16.8 Å². The van der Waals surface area contributed by atoms with Gasteiger partial charge in [-0.15, -0.1) is 0 Å². The summed E-state index contributed by atoms with van der Waals surface area (Å²) in [4.78, 5) is 11.7. The van der Waals surface area contributed by atoms with Crippen molar-refractivity contribution >= 4 is 44.8 Å². The summed E-state index contributed by atoms with van der Waals surface area (Å²) in [5.41, 5.74) is 4.85. The highest BCUT2D eigenvalue weighted by atomic mass is 32.2. The van der Waals surface area contributed by atoms with Gasteiger partial charge in [-0.05, 0) is 56.7 Å². The van der Waals surface area contributed by atoms with Crippen LogP contribution < -0.4 is 14.5 Å². The molecule has 0 atom stereocenters. The van der Waals surface area contributed by atoms with Crippen molar-refractivity contribution in [3.05, 3.63) is 72.9 Å². The number of para-hydroxylation sites is 1. The third-order valence-corrected chi connectivity index (χ3v) is 7.47. The number of fused-ring (bicyclic) bond motifs is 1. The molecule has 0 bridgehead atoms. The molecule has 0 spiro atoms. The summed E-state index contributed by atoms with van der Waals surface area (Å²) in [6.45, 7) is 8.84. The van der Waals surface area contributed by atoms with Crippen molar-refractivity contribution in [2.24, 2.45) is 0 Å². The lowest BCUT2D eigenvalue weighted by atomic mass is 10.0. The first-order valence-electron chi connectivity index (χ1n) is 12.3. The van der Waals surface area contributed by atoms with Crippen LogP contribution in [0.25, 0.3) is 22.0 Å². The van der Waals surface area contributed by atoms with Crippen molar-refractivity contribution in [2.75, 3.05) is 40.8 Å². The Morgan fingerprint density at radius 2 is 1.70 bits per heavy atom. The van der Waals surface area contributed by atoms with Gasteiger partial charge in [-0.1, -0.05) is 36.4 Å². The van der Waals surface area contributed by atoms with Crippen LogP contribution in [0.2, 0.25) is 0 Å². The Labute approximate surface area is 219 Å². The molecule has 1 N–H and O–H groups in total. The number of hydrogen-bond acceptors (Lipinski definition) is 7. The predicted molar refractivity (Wildman–Crippen MR) is 150 cm³/mol. The van der Waals surface area contributed by atoms with E-state index < -0.39 is 16.4 Å². The molecule has 192 valence electrons. The fourth-order valence-electron chi connectivity index (χ4n) is 4.59. The van der Waals surface area contributed by atoms with Gasteiger partial charge in [0.05, 0.1) is 24.4 Å². The molecule has 37 heavy (non-hydrogen) atoms. The Hall–Kier alpha value is -3.69. The van der Waals surface area contributed by atoms with E-state index in [1.807, 2.05) is 81.6 Å². The molecular weight excluding hydrogens is 486 g/mol. The number of hydrogen-bond donors (Lipinski definition) is 2. The second-order valence-corrected chi connectivity index (χ2v) is 10.9. The van der Waals surface area contributed by atoms with Crippen LogP contribution in [0.3, 0.4) is 0 Å². The van der Waals surface area contributed by atoms with Crippen molar-refractivity contribution in [3.63, 3.8) is 0 Å². The molecule has 8 nitrogen and oxygen atoms in total. The second-order valence-electron chi connectivity index (χ2n) is 9.98. The summed E-state index contributed by atoms with van der Waals surface area (Å²) >= 11 is 0. The molecule has 0 aliphatic carbocycles. The molecule has 0 radical (unpaired) electrons. The standard InChI is InChI=1S/C28H31N5O3S/c1-28(2,3)33(37(34)35)23-12-10-20(11-13-23)25-9-4-6-21-19-29-27(31-26(21)25)30-22-7-5-8-24(18-22)32-14-16-36-17-15-32/h4-13,18-19,37H,14-17H2,1-3H3,(H,29,30,31). The largest absolute Gasteiger partial charge is 0.378 e. The maximum atomic E-state index is 11.9. The van der Waals surface area contributed by atoms with E-state index in [1.54, 1.807) is 0 Å². The highest BCUT2D eigenvalue weighted by molar-refractivity contribution is 7.74. The summed E-state index contributed by atoms with van der Waals surface area (Å²) < 4.78 is 30.7. The van der Waals surface area contributed by atoms with Gasteiger partial charge in [0.1, 0.15) is 0 Å². The summed E-state index contributed by atoms with van der Waals surface area (Å²) in [6, 6.07) is 21.7. The van der Waals surface area contributed by atoms with Gasteiger partial charge in [-0.2, -0.15) is 0 Å². The van der Waals surface area contributed by atoms with Crippen LogP contribution in [0.4, 0.5) is 23.0 Å². The van der Waals surface area contributed by atoms with Gasteiger partial charge >= 0.3 is 0 Å². The topological polar surface area (TPSA) is 87.7 Å². The number of nitrogens with zero attached hydrogens (tertiary/aromatic N) is 4. The number of nitrogens with one attached hydrogen (secondary N) is 1. The minimum absolute atomic E-state index is 0.512. The first kappa shape index (κ1) is 25.0. The molecule has 1 aromatic heterocycles. The first-order chi connectivity index (χ1) is 17.8. The van der Waals surface area contributed by atoms with E-state index in [-0.39, 0.29) is 0 Å². The van der Waals surface area contributed by atoms with Crippen molar-refractivity contribution < 1.29 is 13.2 Å². The molecule has 9 heteroatoms. The molecule has 4 aromatic rings. The summed E-state index contributed by atoms with van der Waals surface area (Å²) in [5.74, 6) is 0.512. The van der Waals surface area contributed by atoms with Crippen LogP contribution in [-0.2, 0) is 15.6 Å². The van der Waals surface area contributed by atoms with Gasteiger partial charge in [-0.3, -0.25) is 4.31 Å². The first-order valence-corrected chi connectivity index (χ1v) is 13.4. The Morgan fingerprint density at radius 1 is 0.973 bits per heavy atom. The maximum Gasteiger partial charge on any atom is 0.227 e. The molecule has 1 fully saturated rings. The molecule has 0 unspecified atom stereocenters. The van der Waals surface area contributed by atoms with Gasteiger partial charge in [-0.25, -0.2) is 18.4 Å². The van der Waals surface area contributed by atoms with Crippen molar-refractivity contribution in [3.8, 4) is 11.1 Å². The Kier molecular flexibility index (Phi) is 6.99. The fraction of sp³-hybridized carbons (Fsp3) is 0.286. The second kappa shape index (κ2) is 10.4. The van der Waals surface area contributed by atoms with Crippen LogP contribution in [-0.4, -0.2) is 50.2 Å². The van der Waals surface area contributed by atoms with E-state index >= 15 is 0 Å². The van der Waals surface area contributed by atoms with Crippen LogP contribution in [0.15, 0.2) is 72.9 Å². The zero-order chi connectivity index (χ0) is 26.0. The van der Waals surface area contributed by atoms with Gasteiger partial charge in [0.25, 0.3) is 0 Å². The third-order valence-electron chi connectivity index (χ3n) is 6.31. The molecule has 0 amide bonds. The van der Waals surface area contributed by atoms with Crippen molar-refractivity contribution in [2.45, 2.75) is 26.3 Å². The Balaban J connectivity index is 1.45. The molecular formula is C28H31N5O3S. The molecule has 1 saturated heterocycles. The molecule has 1 aliphatic heterocycles. The summed E-state index contributed by atoms with van der Waals surface area (Å²) in [7, 11) is -2.76. The highest BCUT2D eigenvalue weighted by Crippen LogP contribution is 2.32. The van der Waals surface area contributed by atoms with Crippen LogP contribution in [0, 0.1) is 0 Å². The van der Waals surface area contributed by atoms with Gasteiger partial charge in [0.15, 0.2) is 0 Å². The van der Waals surface area contributed by atoms with Crippen molar-refractivity contribution in [1.29, 1.82) is 0 Å². The Morgan fingerprint density at radius 3 is 2.41 bits per heavy atom. The lowest BCUT2D eigenvalue weighted by molar-refractivity contribution is 0.122. The zero-order valence-corrected chi connectivity index (χ0v) is 22.1. The fourth-order valence-corrected chi connectivity index (χ4v) is 5.40. The smallest absolute Gasteiger partial charge is 0.227 e.